The first kappa shape index (κ1) is 20.0. The lowest BCUT2D eigenvalue weighted by molar-refractivity contribution is -0.119. The minimum absolute atomic E-state index is 0.0512. The molecule has 29 heavy (non-hydrogen) atoms. The molecule has 0 aliphatic heterocycles. The highest BCUT2D eigenvalue weighted by molar-refractivity contribution is 7.99. The van der Waals surface area contributed by atoms with Crippen molar-refractivity contribution >= 4 is 29.3 Å². The Kier molecular flexibility index (Phi) is 6.21. The molecule has 1 aliphatic carbocycles. The topological polar surface area (TPSA) is 59.8 Å². The molecular formula is C22H23ClN4OS. The van der Waals surface area contributed by atoms with E-state index in [1.165, 1.54) is 17.3 Å². The molecule has 1 saturated carbocycles. The van der Waals surface area contributed by atoms with Crippen LogP contribution >= 0.6 is 23.4 Å². The van der Waals surface area contributed by atoms with Crippen LogP contribution in [0.5, 0.6) is 0 Å². The number of amides is 1. The fourth-order valence-corrected chi connectivity index (χ4v) is 4.34. The molecule has 4 rings (SSSR count). The molecule has 7 heteroatoms. The number of hydrogen-bond acceptors (Lipinski definition) is 4. The van der Waals surface area contributed by atoms with Gasteiger partial charge >= 0.3 is 0 Å². The number of hydrogen-bond donors (Lipinski definition) is 1. The van der Waals surface area contributed by atoms with Gasteiger partial charge in [-0.2, -0.15) is 0 Å². The summed E-state index contributed by atoms with van der Waals surface area (Å²) in [6, 6.07) is 17.7. The number of rotatable bonds is 8. The molecule has 1 heterocycles. The molecule has 1 atom stereocenters. The van der Waals surface area contributed by atoms with E-state index in [-0.39, 0.29) is 17.7 Å². The van der Waals surface area contributed by atoms with Crippen molar-refractivity contribution in [3.8, 4) is 0 Å². The van der Waals surface area contributed by atoms with Gasteiger partial charge in [-0.05, 0) is 37.0 Å². The smallest absolute Gasteiger partial charge is 0.230 e. The third-order valence-electron chi connectivity index (χ3n) is 4.95. The van der Waals surface area contributed by atoms with Crippen LogP contribution < -0.4 is 5.32 Å². The Bertz CT molecular complexity index is 987. The summed E-state index contributed by atoms with van der Waals surface area (Å²) in [6.45, 7) is 2.66. The summed E-state index contributed by atoms with van der Waals surface area (Å²) in [4.78, 5) is 12.5. The van der Waals surface area contributed by atoms with E-state index in [9.17, 15) is 4.79 Å². The van der Waals surface area contributed by atoms with Crippen molar-refractivity contribution in [2.45, 2.75) is 43.4 Å². The van der Waals surface area contributed by atoms with Crippen molar-refractivity contribution in [3.05, 3.63) is 76.6 Å². The van der Waals surface area contributed by atoms with Gasteiger partial charge in [0.2, 0.25) is 5.91 Å². The zero-order valence-corrected chi connectivity index (χ0v) is 17.8. The lowest BCUT2D eigenvalue weighted by atomic mass is 10.1. The number of nitrogens with zero attached hydrogens (tertiary/aromatic N) is 3. The predicted octanol–water partition coefficient (Wildman–Crippen LogP) is 4.83. The zero-order chi connectivity index (χ0) is 20.2. The molecule has 1 N–H and O–H groups in total. The van der Waals surface area contributed by atoms with Gasteiger partial charge in [-0.1, -0.05) is 71.9 Å². The Morgan fingerprint density at radius 3 is 2.62 bits per heavy atom. The Labute approximate surface area is 179 Å². The van der Waals surface area contributed by atoms with Crippen molar-refractivity contribution in [2.24, 2.45) is 0 Å². The third-order valence-corrected chi connectivity index (χ3v) is 6.26. The molecule has 2 aromatic carbocycles. The largest absolute Gasteiger partial charge is 0.349 e. The number of benzene rings is 2. The van der Waals surface area contributed by atoms with Gasteiger partial charge in [-0.25, -0.2) is 0 Å². The van der Waals surface area contributed by atoms with E-state index in [1.807, 2.05) is 49.4 Å². The summed E-state index contributed by atoms with van der Waals surface area (Å²) in [7, 11) is 0. The number of nitrogens with one attached hydrogen (secondary N) is 1. The Morgan fingerprint density at radius 2 is 1.90 bits per heavy atom. The van der Waals surface area contributed by atoms with E-state index in [4.69, 9.17) is 11.6 Å². The van der Waals surface area contributed by atoms with Crippen LogP contribution in [-0.4, -0.2) is 26.4 Å². The maximum Gasteiger partial charge on any atom is 0.230 e. The maximum absolute atomic E-state index is 12.5. The van der Waals surface area contributed by atoms with Crippen LogP contribution in [0.2, 0.25) is 5.02 Å². The average Bonchev–Trinajstić information content (AvgIpc) is 3.49. The second kappa shape index (κ2) is 9.01. The molecule has 0 spiro atoms. The van der Waals surface area contributed by atoms with Crippen LogP contribution in [0.15, 0.2) is 59.8 Å². The first-order valence-electron chi connectivity index (χ1n) is 9.75. The first-order valence-corrected chi connectivity index (χ1v) is 11.1. The predicted molar refractivity (Wildman–Crippen MR) is 116 cm³/mol. The van der Waals surface area contributed by atoms with E-state index >= 15 is 0 Å². The Morgan fingerprint density at radius 1 is 1.17 bits per heavy atom. The molecule has 1 aliphatic rings. The van der Waals surface area contributed by atoms with Crippen LogP contribution in [0.1, 0.15) is 48.7 Å². The molecule has 1 amide bonds. The number of carbonyl (C=O) groups excluding carboxylic acids is 1. The maximum atomic E-state index is 12.5. The van der Waals surface area contributed by atoms with E-state index in [2.05, 4.69) is 32.2 Å². The molecule has 1 aromatic heterocycles. The van der Waals surface area contributed by atoms with Crippen LogP contribution in [0, 0.1) is 0 Å². The minimum atomic E-state index is -0.152. The van der Waals surface area contributed by atoms with E-state index in [0.29, 0.717) is 10.9 Å². The summed E-state index contributed by atoms with van der Waals surface area (Å²) in [6.07, 6.45) is 2.32. The highest BCUT2D eigenvalue weighted by Crippen LogP contribution is 2.40. The van der Waals surface area contributed by atoms with E-state index in [0.717, 1.165) is 35.9 Å². The molecular weight excluding hydrogens is 404 g/mol. The summed E-state index contributed by atoms with van der Waals surface area (Å²) >= 11 is 7.66. The van der Waals surface area contributed by atoms with Crippen molar-refractivity contribution in [1.82, 2.24) is 20.1 Å². The standard InChI is InChI=1S/C22H23ClN4OS/c1-15(18-9-5-6-10-19(18)23)24-20(28)14-29-22-26-25-21(17-11-12-17)27(22)13-16-7-3-2-4-8-16/h2-10,15,17H,11-14H2,1H3,(H,24,28). The summed E-state index contributed by atoms with van der Waals surface area (Å²) in [5.41, 5.74) is 2.11. The van der Waals surface area contributed by atoms with Gasteiger partial charge in [-0.15, -0.1) is 10.2 Å². The summed E-state index contributed by atoms with van der Waals surface area (Å²) in [5.74, 6) is 1.76. The molecule has 0 radical (unpaired) electrons. The van der Waals surface area contributed by atoms with Crippen molar-refractivity contribution < 1.29 is 4.79 Å². The lowest BCUT2D eigenvalue weighted by Gasteiger charge is -2.15. The second-order valence-corrected chi connectivity index (χ2v) is 8.64. The minimum Gasteiger partial charge on any atom is -0.349 e. The summed E-state index contributed by atoms with van der Waals surface area (Å²) in [5, 5.41) is 13.2. The molecule has 3 aromatic rings. The molecule has 0 saturated heterocycles. The normalized spacial score (nSPS) is 14.6. The molecule has 1 unspecified atom stereocenters. The molecule has 5 nitrogen and oxygen atoms in total. The highest BCUT2D eigenvalue weighted by Gasteiger charge is 2.30. The average molecular weight is 427 g/mol. The van der Waals surface area contributed by atoms with Crippen molar-refractivity contribution in [2.75, 3.05) is 5.75 Å². The summed E-state index contributed by atoms with van der Waals surface area (Å²) < 4.78 is 2.16. The van der Waals surface area contributed by atoms with Gasteiger partial charge in [0.25, 0.3) is 0 Å². The van der Waals surface area contributed by atoms with Gasteiger partial charge in [0.1, 0.15) is 5.82 Å². The van der Waals surface area contributed by atoms with E-state index in [1.54, 1.807) is 0 Å². The number of thioether (sulfide) groups is 1. The highest BCUT2D eigenvalue weighted by atomic mass is 35.5. The second-order valence-electron chi connectivity index (χ2n) is 7.29. The van der Waals surface area contributed by atoms with Crippen molar-refractivity contribution in [1.29, 1.82) is 0 Å². The first-order chi connectivity index (χ1) is 14.1. The van der Waals surface area contributed by atoms with Gasteiger partial charge in [-0.3, -0.25) is 4.79 Å². The molecule has 150 valence electrons. The lowest BCUT2D eigenvalue weighted by Crippen LogP contribution is -2.28. The number of carbonyl (C=O) groups is 1. The van der Waals surface area contributed by atoms with E-state index < -0.39 is 0 Å². The Hall–Kier alpha value is -2.31. The van der Waals surface area contributed by atoms with Gasteiger partial charge in [0, 0.05) is 10.9 Å². The molecule has 0 bridgehead atoms. The van der Waals surface area contributed by atoms with Crippen LogP contribution in [0.3, 0.4) is 0 Å². The Balaban J connectivity index is 1.41. The quantitative estimate of drug-likeness (QED) is 0.524. The monoisotopic (exact) mass is 426 g/mol. The van der Waals surface area contributed by atoms with Crippen LogP contribution in [0.4, 0.5) is 0 Å². The third kappa shape index (κ3) is 5.00. The number of aromatic nitrogens is 3. The van der Waals surface area contributed by atoms with Crippen LogP contribution in [0.25, 0.3) is 0 Å². The SMILES string of the molecule is CC(NC(=O)CSc1nnc(C2CC2)n1Cc1ccccc1)c1ccccc1Cl. The number of halogens is 1. The van der Waals surface area contributed by atoms with Gasteiger partial charge < -0.3 is 9.88 Å². The zero-order valence-electron chi connectivity index (χ0n) is 16.2. The van der Waals surface area contributed by atoms with Crippen molar-refractivity contribution in [3.63, 3.8) is 0 Å². The molecule has 1 fully saturated rings. The van der Waals surface area contributed by atoms with Gasteiger partial charge in [0.05, 0.1) is 18.3 Å². The van der Waals surface area contributed by atoms with Gasteiger partial charge in [0.15, 0.2) is 5.16 Å². The fraction of sp³-hybridized carbons (Fsp3) is 0.318. The van der Waals surface area contributed by atoms with Crippen LogP contribution in [-0.2, 0) is 11.3 Å². The fourth-order valence-electron chi connectivity index (χ4n) is 3.28.